The van der Waals surface area contributed by atoms with Crippen LogP contribution < -0.4 is 0 Å². The lowest BCUT2D eigenvalue weighted by Crippen LogP contribution is -2.35. The Morgan fingerprint density at radius 3 is 2.75 bits per heavy atom. The van der Waals surface area contributed by atoms with E-state index in [1.165, 1.54) is 12.8 Å². The zero-order chi connectivity index (χ0) is 11.7. The number of fused-ring (bicyclic) bond motifs is 1. The van der Waals surface area contributed by atoms with Crippen molar-refractivity contribution in [2.45, 2.75) is 53.1 Å². The second kappa shape index (κ2) is 2.93. The molecule has 0 amide bonds. The minimum absolute atomic E-state index is 0.0608. The number of aliphatic hydroxyl groups is 1. The molecule has 1 N–H and O–H groups in total. The van der Waals surface area contributed by atoms with Crippen LogP contribution in [0.25, 0.3) is 0 Å². The summed E-state index contributed by atoms with van der Waals surface area (Å²) in [7, 11) is 0. The molecule has 0 aromatic rings. The van der Waals surface area contributed by atoms with Gasteiger partial charge in [0.25, 0.3) is 0 Å². The molecule has 0 aromatic heterocycles. The van der Waals surface area contributed by atoms with E-state index in [4.69, 9.17) is 0 Å². The Morgan fingerprint density at radius 2 is 2.06 bits per heavy atom. The quantitative estimate of drug-likeness (QED) is 0.620. The molecular formula is C15H24O. The van der Waals surface area contributed by atoms with Gasteiger partial charge in [-0.1, -0.05) is 32.4 Å². The molecule has 0 saturated heterocycles. The van der Waals surface area contributed by atoms with Gasteiger partial charge in [-0.25, -0.2) is 0 Å². The zero-order valence-corrected chi connectivity index (χ0v) is 11.0. The third-order valence-corrected chi connectivity index (χ3v) is 6.22. The second-order valence-corrected chi connectivity index (χ2v) is 7.15. The Bertz CT molecular complexity index is 354. The summed E-state index contributed by atoms with van der Waals surface area (Å²) in [6.07, 6.45) is 5.96. The van der Waals surface area contributed by atoms with E-state index in [0.717, 1.165) is 6.42 Å². The minimum Gasteiger partial charge on any atom is -0.393 e. The molecule has 0 radical (unpaired) electrons. The van der Waals surface area contributed by atoms with Crippen molar-refractivity contribution in [1.82, 2.24) is 0 Å². The highest BCUT2D eigenvalue weighted by Crippen LogP contribution is 2.71. The van der Waals surface area contributed by atoms with Crippen molar-refractivity contribution in [2.24, 2.45) is 28.6 Å². The van der Waals surface area contributed by atoms with Crippen molar-refractivity contribution in [2.75, 3.05) is 0 Å². The summed E-state index contributed by atoms with van der Waals surface area (Å²) in [5.74, 6) is 1.93. The number of hydrogen-bond donors (Lipinski definition) is 1. The maximum atomic E-state index is 10.4. The Morgan fingerprint density at radius 1 is 1.38 bits per heavy atom. The summed E-state index contributed by atoms with van der Waals surface area (Å²) in [6.45, 7) is 9.41. The molecule has 1 nitrogen and oxygen atoms in total. The van der Waals surface area contributed by atoms with E-state index in [1.54, 1.807) is 5.57 Å². The summed E-state index contributed by atoms with van der Waals surface area (Å²) >= 11 is 0. The lowest BCUT2D eigenvalue weighted by atomic mass is 9.67. The summed E-state index contributed by atoms with van der Waals surface area (Å²) in [4.78, 5) is 0. The maximum absolute atomic E-state index is 10.4. The highest BCUT2D eigenvalue weighted by molar-refractivity contribution is 5.26. The Kier molecular flexibility index (Phi) is 1.98. The Labute approximate surface area is 98.9 Å². The molecule has 2 saturated carbocycles. The van der Waals surface area contributed by atoms with Crippen molar-refractivity contribution < 1.29 is 5.11 Å². The van der Waals surface area contributed by atoms with Crippen molar-refractivity contribution in [3.8, 4) is 0 Å². The predicted molar refractivity (Wildman–Crippen MR) is 66.0 cm³/mol. The van der Waals surface area contributed by atoms with Crippen LogP contribution in [0.5, 0.6) is 0 Å². The van der Waals surface area contributed by atoms with Gasteiger partial charge in [0.1, 0.15) is 0 Å². The van der Waals surface area contributed by atoms with Crippen LogP contribution in [0, 0.1) is 28.6 Å². The molecule has 1 spiro atoms. The lowest BCUT2D eigenvalue weighted by Gasteiger charge is -2.37. The Hall–Kier alpha value is -0.300. The van der Waals surface area contributed by atoms with Crippen LogP contribution in [0.4, 0.5) is 0 Å². The van der Waals surface area contributed by atoms with Gasteiger partial charge in [-0.05, 0) is 54.8 Å². The number of rotatable bonds is 0. The van der Waals surface area contributed by atoms with E-state index in [1.807, 2.05) is 0 Å². The molecule has 2 fully saturated rings. The Balaban J connectivity index is 2.13. The summed E-state index contributed by atoms with van der Waals surface area (Å²) in [5, 5.41) is 10.4. The van der Waals surface area contributed by atoms with Crippen LogP contribution in [0.2, 0.25) is 0 Å². The first-order chi connectivity index (χ1) is 7.39. The monoisotopic (exact) mass is 220 g/mol. The number of hydrogen-bond acceptors (Lipinski definition) is 1. The van der Waals surface area contributed by atoms with Crippen LogP contribution in [0.3, 0.4) is 0 Å². The average Bonchev–Trinajstić information content (AvgIpc) is 2.54. The van der Waals surface area contributed by atoms with Gasteiger partial charge in [-0.3, -0.25) is 0 Å². The van der Waals surface area contributed by atoms with Crippen LogP contribution in [-0.2, 0) is 0 Å². The molecule has 16 heavy (non-hydrogen) atoms. The average molecular weight is 220 g/mol. The number of aliphatic hydroxyl groups excluding tert-OH is 1. The highest BCUT2D eigenvalue weighted by atomic mass is 16.3. The molecule has 0 aliphatic heterocycles. The first-order valence-corrected chi connectivity index (χ1v) is 6.74. The van der Waals surface area contributed by atoms with Crippen molar-refractivity contribution in [3.63, 3.8) is 0 Å². The topological polar surface area (TPSA) is 20.2 Å². The van der Waals surface area contributed by atoms with Gasteiger partial charge in [-0.15, -0.1) is 0 Å². The van der Waals surface area contributed by atoms with E-state index in [2.05, 4.69) is 33.8 Å². The molecule has 3 aliphatic carbocycles. The van der Waals surface area contributed by atoms with Gasteiger partial charge in [-0.2, -0.15) is 0 Å². The largest absolute Gasteiger partial charge is 0.393 e. The predicted octanol–water partition coefficient (Wildman–Crippen LogP) is 3.39. The first-order valence-electron chi connectivity index (χ1n) is 6.74. The van der Waals surface area contributed by atoms with Gasteiger partial charge in [0.05, 0.1) is 6.10 Å². The summed E-state index contributed by atoms with van der Waals surface area (Å²) < 4.78 is 0. The smallest absolute Gasteiger partial charge is 0.0582 e. The number of allylic oxidation sites excluding steroid dienone is 2. The first kappa shape index (κ1) is 10.8. The van der Waals surface area contributed by atoms with Crippen molar-refractivity contribution in [3.05, 3.63) is 11.6 Å². The van der Waals surface area contributed by atoms with Gasteiger partial charge in [0, 0.05) is 0 Å². The van der Waals surface area contributed by atoms with E-state index in [-0.39, 0.29) is 6.10 Å². The van der Waals surface area contributed by atoms with E-state index in [0.29, 0.717) is 28.6 Å². The van der Waals surface area contributed by atoms with Crippen LogP contribution in [0.1, 0.15) is 47.0 Å². The molecule has 0 unspecified atom stereocenters. The highest BCUT2D eigenvalue weighted by Gasteiger charge is 2.66. The SMILES string of the molecule is CC1=CC[C@]23C[C@H]1C(C)(C)[C@H]2[C@H](O)C[C@@H]3C. The molecule has 5 atom stereocenters. The van der Waals surface area contributed by atoms with Crippen LogP contribution in [0.15, 0.2) is 11.6 Å². The van der Waals surface area contributed by atoms with Crippen molar-refractivity contribution >= 4 is 0 Å². The van der Waals surface area contributed by atoms with E-state index < -0.39 is 0 Å². The summed E-state index contributed by atoms with van der Waals surface area (Å²) in [6, 6.07) is 0. The fraction of sp³-hybridized carbons (Fsp3) is 0.867. The minimum atomic E-state index is -0.0608. The van der Waals surface area contributed by atoms with Gasteiger partial charge in [0.2, 0.25) is 0 Å². The molecule has 0 aromatic carbocycles. The van der Waals surface area contributed by atoms with Crippen molar-refractivity contribution in [1.29, 1.82) is 0 Å². The van der Waals surface area contributed by atoms with E-state index in [9.17, 15) is 5.11 Å². The lowest BCUT2D eigenvalue weighted by molar-refractivity contribution is 0.0309. The normalized spacial score (nSPS) is 53.7. The maximum Gasteiger partial charge on any atom is 0.0582 e. The van der Waals surface area contributed by atoms with Gasteiger partial charge in [0.15, 0.2) is 0 Å². The molecule has 1 heteroatoms. The third-order valence-electron chi connectivity index (χ3n) is 6.22. The molecule has 0 heterocycles. The summed E-state index contributed by atoms with van der Waals surface area (Å²) in [5.41, 5.74) is 2.29. The van der Waals surface area contributed by atoms with Crippen LogP contribution in [-0.4, -0.2) is 11.2 Å². The van der Waals surface area contributed by atoms with Crippen LogP contribution >= 0.6 is 0 Å². The fourth-order valence-corrected chi connectivity index (χ4v) is 5.50. The zero-order valence-electron chi connectivity index (χ0n) is 11.0. The molecule has 2 bridgehead atoms. The third kappa shape index (κ3) is 1.01. The standard InChI is InChI=1S/C15H24O/c1-9-5-6-15-8-11(9)14(3,4)13(15)12(16)7-10(15)2/h5,10-13,16H,6-8H2,1-4H3/t10-,11+,12+,13+,15+/m0/s1. The van der Waals surface area contributed by atoms with E-state index >= 15 is 0 Å². The van der Waals surface area contributed by atoms with Gasteiger partial charge >= 0.3 is 0 Å². The molecule has 90 valence electrons. The molecular weight excluding hydrogens is 196 g/mol. The second-order valence-electron chi connectivity index (χ2n) is 7.15. The fourth-order valence-electron chi connectivity index (χ4n) is 5.50. The molecule has 3 rings (SSSR count). The molecule has 3 aliphatic rings. The van der Waals surface area contributed by atoms with Gasteiger partial charge < -0.3 is 5.11 Å².